The van der Waals surface area contributed by atoms with E-state index in [9.17, 15) is 0 Å². The molecule has 0 aliphatic rings. The van der Waals surface area contributed by atoms with Crippen molar-refractivity contribution in [2.24, 2.45) is 5.73 Å². The van der Waals surface area contributed by atoms with Crippen LogP contribution < -0.4 is 5.73 Å². The van der Waals surface area contributed by atoms with E-state index in [4.69, 9.17) is 10.5 Å². The van der Waals surface area contributed by atoms with E-state index in [1.54, 1.807) is 0 Å². The summed E-state index contributed by atoms with van der Waals surface area (Å²) in [6.07, 6.45) is 0. The number of aryl methyl sites for hydroxylation is 2. The van der Waals surface area contributed by atoms with Crippen molar-refractivity contribution < 1.29 is 4.74 Å². The molecule has 0 heterocycles. The number of nitrogens with two attached hydrogens (primary N) is 1. The van der Waals surface area contributed by atoms with Crippen molar-refractivity contribution in [1.82, 2.24) is 0 Å². The Bertz CT molecular complexity index is 294. The Labute approximate surface area is 86.1 Å². The van der Waals surface area contributed by atoms with Crippen LogP contribution in [0.3, 0.4) is 0 Å². The van der Waals surface area contributed by atoms with Gasteiger partial charge in [0.15, 0.2) is 0 Å². The first-order valence-corrected chi connectivity index (χ1v) is 4.99. The van der Waals surface area contributed by atoms with E-state index in [0.29, 0.717) is 13.2 Å². The molecule has 2 heteroatoms. The van der Waals surface area contributed by atoms with Gasteiger partial charge in [-0.2, -0.15) is 0 Å². The Balaban J connectivity index is 2.51. The molecule has 0 amide bonds. The highest BCUT2D eigenvalue weighted by Crippen LogP contribution is 2.11. The van der Waals surface area contributed by atoms with Gasteiger partial charge in [0.25, 0.3) is 0 Å². The molecule has 1 aromatic rings. The summed E-state index contributed by atoms with van der Waals surface area (Å²) in [4.78, 5) is 0. The van der Waals surface area contributed by atoms with Gasteiger partial charge in [-0.3, -0.25) is 0 Å². The van der Waals surface area contributed by atoms with Gasteiger partial charge in [0, 0.05) is 6.04 Å². The molecule has 1 atom stereocenters. The Morgan fingerprint density at radius 2 is 2.07 bits per heavy atom. The third-order valence-electron chi connectivity index (χ3n) is 2.14. The Morgan fingerprint density at radius 3 is 2.64 bits per heavy atom. The van der Waals surface area contributed by atoms with Crippen molar-refractivity contribution >= 4 is 0 Å². The van der Waals surface area contributed by atoms with Crippen molar-refractivity contribution in [2.45, 2.75) is 33.4 Å². The van der Waals surface area contributed by atoms with Crippen LogP contribution in [0.15, 0.2) is 18.2 Å². The number of hydrogen-bond donors (Lipinski definition) is 1. The van der Waals surface area contributed by atoms with E-state index in [2.05, 4.69) is 32.0 Å². The van der Waals surface area contributed by atoms with Gasteiger partial charge in [0.1, 0.15) is 0 Å². The fourth-order valence-electron chi connectivity index (χ4n) is 1.36. The molecule has 78 valence electrons. The van der Waals surface area contributed by atoms with Crippen LogP contribution in [0.25, 0.3) is 0 Å². The summed E-state index contributed by atoms with van der Waals surface area (Å²) >= 11 is 0. The van der Waals surface area contributed by atoms with Crippen LogP contribution in [-0.2, 0) is 11.3 Å². The molecule has 0 aliphatic heterocycles. The second-order valence-corrected chi connectivity index (χ2v) is 3.92. The molecule has 0 saturated carbocycles. The van der Waals surface area contributed by atoms with E-state index in [-0.39, 0.29) is 6.04 Å². The molecule has 0 unspecified atom stereocenters. The molecule has 0 aromatic heterocycles. The molecule has 1 aromatic carbocycles. The largest absolute Gasteiger partial charge is 0.375 e. The lowest BCUT2D eigenvalue weighted by Crippen LogP contribution is -2.21. The lowest BCUT2D eigenvalue weighted by molar-refractivity contribution is 0.111. The smallest absolute Gasteiger partial charge is 0.0720 e. The van der Waals surface area contributed by atoms with Gasteiger partial charge in [-0.1, -0.05) is 23.8 Å². The van der Waals surface area contributed by atoms with Crippen molar-refractivity contribution in [3.63, 3.8) is 0 Å². The zero-order chi connectivity index (χ0) is 10.6. The van der Waals surface area contributed by atoms with Crippen molar-refractivity contribution in [1.29, 1.82) is 0 Å². The van der Waals surface area contributed by atoms with Crippen LogP contribution in [0.5, 0.6) is 0 Å². The van der Waals surface area contributed by atoms with Gasteiger partial charge in [-0.05, 0) is 31.9 Å². The average molecular weight is 193 g/mol. The number of benzene rings is 1. The minimum atomic E-state index is 0.112. The quantitative estimate of drug-likeness (QED) is 0.795. The molecule has 2 N–H and O–H groups in total. The Hall–Kier alpha value is -0.860. The minimum Gasteiger partial charge on any atom is -0.375 e. The van der Waals surface area contributed by atoms with Crippen LogP contribution in [0.2, 0.25) is 0 Å². The lowest BCUT2D eigenvalue weighted by Gasteiger charge is -2.09. The van der Waals surface area contributed by atoms with E-state index < -0.39 is 0 Å². The van der Waals surface area contributed by atoms with E-state index in [0.717, 1.165) is 0 Å². The highest BCUT2D eigenvalue weighted by atomic mass is 16.5. The van der Waals surface area contributed by atoms with Crippen LogP contribution in [0.1, 0.15) is 23.6 Å². The Kier molecular flexibility index (Phi) is 4.11. The highest BCUT2D eigenvalue weighted by molar-refractivity contribution is 5.29. The third kappa shape index (κ3) is 3.48. The summed E-state index contributed by atoms with van der Waals surface area (Å²) in [6, 6.07) is 6.51. The summed E-state index contributed by atoms with van der Waals surface area (Å²) in [7, 11) is 0. The second-order valence-electron chi connectivity index (χ2n) is 3.92. The number of hydrogen-bond acceptors (Lipinski definition) is 2. The average Bonchev–Trinajstić information content (AvgIpc) is 2.08. The summed E-state index contributed by atoms with van der Waals surface area (Å²) in [5.41, 5.74) is 9.42. The molecule has 14 heavy (non-hydrogen) atoms. The molecule has 0 saturated heterocycles. The monoisotopic (exact) mass is 193 g/mol. The Morgan fingerprint density at radius 1 is 1.36 bits per heavy atom. The molecule has 1 rings (SSSR count). The molecular formula is C12H19NO. The van der Waals surface area contributed by atoms with Gasteiger partial charge in [0.05, 0.1) is 13.2 Å². The summed E-state index contributed by atoms with van der Waals surface area (Å²) in [6.45, 7) is 7.43. The first-order valence-electron chi connectivity index (χ1n) is 4.99. The maximum atomic E-state index is 5.59. The summed E-state index contributed by atoms with van der Waals surface area (Å²) in [5.74, 6) is 0. The van der Waals surface area contributed by atoms with Gasteiger partial charge in [-0.15, -0.1) is 0 Å². The molecule has 0 fully saturated rings. The topological polar surface area (TPSA) is 35.2 Å². The maximum absolute atomic E-state index is 5.59. The standard InChI is InChI=1S/C12H19NO/c1-9-4-5-12(10(2)6-9)8-14-7-11(3)13/h4-6,11H,7-8,13H2,1-3H3/t11-/m0/s1. The molecule has 0 bridgehead atoms. The molecule has 0 spiro atoms. The van der Waals surface area contributed by atoms with Crippen molar-refractivity contribution in [3.8, 4) is 0 Å². The van der Waals surface area contributed by atoms with Gasteiger partial charge in [-0.25, -0.2) is 0 Å². The van der Waals surface area contributed by atoms with Crippen molar-refractivity contribution in [3.05, 3.63) is 34.9 Å². The van der Waals surface area contributed by atoms with Crippen LogP contribution >= 0.6 is 0 Å². The highest BCUT2D eigenvalue weighted by Gasteiger charge is 1.99. The van der Waals surface area contributed by atoms with Crippen LogP contribution in [0.4, 0.5) is 0 Å². The van der Waals surface area contributed by atoms with E-state index >= 15 is 0 Å². The predicted octanol–water partition coefficient (Wildman–Crippen LogP) is 2.17. The minimum absolute atomic E-state index is 0.112. The fraction of sp³-hybridized carbons (Fsp3) is 0.500. The van der Waals surface area contributed by atoms with Gasteiger partial charge >= 0.3 is 0 Å². The molecular weight excluding hydrogens is 174 g/mol. The predicted molar refractivity (Wildman–Crippen MR) is 59.2 cm³/mol. The number of rotatable bonds is 4. The normalized spacial score (nSPS) is 12.9. The van der Waals surface area contributed by atoms with Crippen LogP contribution in [-0.4, -0.2) is 12.6 Å². The zero-order valence-electron chi connectivity index (χ0n) is 9.21. The molecule has 0 aliphatic carbocycles. The molecule has 0 radical (unpaired) electrons. The van der Waals surface area contributed by atoms with Crippen molar-refractivity contribution in [2.75, 3.05) is 6.61 Å². The zero-order valence-corrected chi connectivity index (χ0v) is 9.21. The van der Waals surface area contributed by atoms with Crippen LogP contribution in [0, 0.1) is 13.8 Å². The third-order valence-corrected chi connectivity index (χ3v) is 2.14. The second kappa shape index (κ2) is 5.13. The number of ether oxygens (including phenoxy) is 1. The lowest BCUT2D eigenvalue weighted by atomic mass is 10.1. The first kappa shape index (κ1) is 11.2. The van der Waals surface area contributed by atoms with Gasteiger partial charge < -0.3 is 10.5 Å². The van der Waals surface area contributed by atoms with E-state index in [1.807, 2.05) is 6.92 Å². The molecule has 2 nitrogen and oxygen atoms in total. The summed E-state index contributed by atoms with van der Waals surface area (Å²) in [5, 5.41) is 0. The van der Waals surface area contributed by atoms with Gasteiger partial charge in [0.2, 0.25) is 0 Å². The van der Waals surface area contributed by atoms with E-state index in [1.165, 1.54) is 16.7 Å². The fourth-order valence-corrected chi connectivity index (χ4v) is 1.36. The maximum Gasteiger partial charge on any atom is 0.0720 e. The summed E-state index contributed by atoms with van der Waals surface area (Å²) < 4.78 is 5.48. The first-order chi connectivity index (χ1) is 6.59. The SMILES string of the molecule is Cc1ccc(COC[C@H](C)N)c(C)c1.